The zero-order valence-electron chi connectivity index (χ0n) is 39.7. The number of benzene rings is 4. The largest absolute Gasteiger partial charge is 0.399 e. The minimum absolute atomic E-state index is 0.181. The Labute approximate surface area is 408 Å². The van der Waals surface area contributed by atoms with Gasteiger partial charge in [-0.25, -0.2) is 8.42 Å². The van der Waals surface area contributed by atoms with Crippen LogP contribution in [0.2, 0.25) is 0 Å². The molecule has 0 bridgehead atoms. The van der Waals surface area contributed by atoms with Crippen LogP contribution in [0.3, 0.4) is 0 Å². The maximum absolute atomic E-state index is 13.2. The van der Waals surface area contributed by atoms with Gasteiger partial charge in [0.05, 0.1) is 30.2 Å². The Morgan fingerprint density at radius 3 is 1.43 bits per heavy atom. The second kappa shape index (κ2) is 22.7. The van der Waals surface area contributed by atoms with Crippen molar-refractivity contribution >= 4 is 66.8 Å². The third kappa shape index (κ3) is 12.7. The highest BCUT2D eigenvalue weighted by molar-refractivity contribution is 7.92. The first kappa shape index (κ1) is 50.3. The monoisotopic (exact) mass is 964 g/mol. The highest BCUT2D eigenvalue weighted by atomic mass is 32.2. The summed E-state index contributed by atoms with van der Waals surface area (Å²) < 4.78 is 28.9. The molecule has 17 heteroatoms. The molecule has 4 aromatic carbocycles. The molecular weight excluding hydrogens is 905 g/mol. The van der Waals surface area contributed by atoms with Crippen LogP contribution in [0, 0.1) is 34.5 Å². The third-order valence-corrected chi connectivity index (χ3v) is 13.9. The number of carbonyl (C=O) groups is 4. The number of amides is 4. The molecule has 70 heavy (non-hydrogen) atoms. The SMILES string of the molecule is Cn1c(C(=O)N[C@H]2CCCC[C@H]2C(=O)N[C@H](C#N)Cc2ccc(N)cc2)cc2ccccc21.Cn1c(C(=O)N[C@H]2CCCC[C@H]2C(=O)N[C@H](C#N)Cc2ccc(NS(C)(=O)=O)cc2)cc2ccccc21. The summed E-state index contributed by atoms with van der Waals surface area (Å²) in [7, 11) is 0.345. The number of nitriles is 2. The predicted molar refractivity (Wildman–Crippen MR) is 271 cm³/mol. The molecule has 0 spiro atoms. The van der Waals surface area contributed by atoms with Crippen molar-refractivity contribution in [3.8, 4) is 12.1 Å². The van der Waals surface area contributed by atoms with Gasteiger partial charge in [0.15, 0.2) is 0 Å². The van der Waals surface area contributed by atoms with Crippen LogP contribution in [0.1, 0.15) is 83.5 Å². The minimum Gasteiger partial charge on any atom is -0.399 e. The van der Waals surface area contributed by atoms with Gasteiger partial charge in [0.2, 0.25) is 21.8 Å². The standard InChI is InChI=1S/C27H31N5O4S.C26H29N5O2/c1-32-24-10-6-3-7-19(24)16-25(32)27(34)30-23-9-5-4-8-22(23)26(33)29-21(17-28)15-18-11-13-20(14-12-18)31-37(2,35)36;1-31-23-9-5-2-6-18(23)15-24(31)26(33)30-22-8-4-3-7-21(22)25(32)29-20(16-27)14-17-10-12-19(28)13-11-17/h3,6-7,10-14,16,21-23,31H,4-5,8-9,15H2,1-2H3,(H,29,33)(H,30,34);2,5-6,9-13,15,20-22H,3-4,7-8,14,28H2,1H3,(H,29,32)(H,30,33)/t21-,22+,23-;20-,21+,22-/m00/s1. The number of hydrogen-bond donors (Lipinski definition) is 6. The fourth-order valence-electron chi connectivity index (χ4n) is 9.60. The number of fused-ring (bicyclic) bond motifs is 2. The van der Waals surface area contributed by atoms with Crippen LogP contribution in [-0.4, -0.2) is 71.6 Å². The lowest BCUT2D eigenvalue weighted by atomic mass is 9.83. The van der Waals surface area contributed by atoms with E-state index in [1.54, 1.807) is 36.4 Å². The lowest BCUT2D eigenvalue weighted by Crippen LogP contribution is -2.50. The average Bonchev–Trinajstić information content (AvgIpc) is 3.88. The molecule has 8 rings (SSSR count). The van der Waals surface area contributed by atoms with Crippen LogP contribution in [0.4, 0.5) is 11.4 Å². The number of para-hydroxylation sites is 2. The summed E-state index contributed by atoms with van der Waals surface area (Å²) in [5.74, 6) is -1.62. The molecule has 2 aliphatic carbocycles. The Hall–Kier alpha value is -7.63. The Balaban J connectivity index is 0.000000208. The first-order valence-electron chi connectivity index (χ1n) is 23.6. The number of nitrogens with two attached hydrogens (primary N) is 1. The highest BCUT2D eigenvalue weighted by Gasteiger charge is 2.35. The van der Waals surface area contributed by atoms with Gasteiger partial charge in [-0.3, -0.25) is 23.9 Å². The number of carbonyl (C=O) groups excluding carboxylic acids is 4. The van der Waals surface area contributed by atoms with Crippen LogP contribution < -0.4 is 31.7 Å². The first-order chi connectivity index (χ1) is 33.6. The molecule has 2 aliphatic rings. The zero-order valence-corrected chi connectivity index (χ0v) is 40.5. The molecule has 2 saturated carbocycles. The van der Waals surface area contributed by atoms with E-state index in [9.17, 15) is 38.1 Å². The third-order valence-electron chi connectivity index (χ3n) is 13.3. The van der Waals surface area contributed by atoms with Crippen LogP contribution in [0.5, 0.6) is 0 Å². The summed E-state index contributed by atoms with van der Waals surface area (Å²) in [6, 6.07) is 35.7. The van der Waals surface area contributed by atoms with Crippen LogP contribution in [0.15, 0.2) is 109 Å². The normalized spacial score (nSPS) is 18.7. The summed E-state index contributed by atoms with van der Waals surface area (Å²) in [6.07, 6.45) is 8.19. The summed E-state index contributed by atoms with van der Waals surface area (Å²) in [4.78, 5) is 52.6. The van der Waals surface area contributed by atoms with Crippen LogP contribution in [-0.2, 0) is 46.5 Å². The minimum atomic E-state index is -3.38. The van der Waals surface area contributed by atoms with Gasteiger partial charge in [-0.15, -0.1) is 0 Å². The second-order valence-corrected chi connectivity index (χ2v) is 20.1. The highest BCUT2D eigenvalue weighted by Crippen LogP contribution is 2.28. The molecule has 0 radical (unpaired) electrons. The van der Waals surface area contributed by atoms with Crippen LogP contribution >= 0.6 is 0 Å². The molecule has 4 amide bonds. The number of aromatic nitrogens is 2. The van der Waals surface area contributed by atoms with Crippen molar-refractivity contribution in [3.05, 3.63) is 132 Å². The number of nitrogens with zero attached hydrogens (tertiary/aromatic N) is 4. The molecule has 6 atom stereocenters. The average molecular weight is 965 g/mol. The van der Waals surface area contributed by atoms with Crippen molar-refractivity contribution in [1.29, 1.82) is 10.5 Å². The number of anilines is 2. The molecule has 7 N–H and O–H groups in total. The first-order valence-corrected chi connectivity index (χ1v) is 25.5. The molecule has 0 saturated heterocycles. The quantitative estimate of drug-likeness (QED) is 0.0662. The lowest BCUT2D eigenvalue weighted by molar-refractivity contribution is -0.128. The van der Waals surface area contributed by atoms with Crippen molar-refractivity contribution in [3.63, 3.8) is 0 Å². The van der Waals surface area contributed by atoms with Gasteiger partial charge in [0.1, 0.15) is 23.5 Å². The zero-order chi connectivity index (χ0) is 50.0. The van der Waals surface area contributed by atoms with Gasteiger partial charge in [0.25, 0.3) is 11.8 Å². The Kier molecular flexibility index (Phi) is 16.3. The summed E-state index contributed by atoms with van der Waals surface area (Å²) in [6.45, 7) is 0. The van der Waals surface area contributed by atoms with Crippen molar-refractivity contribution in [1.82, 2.24) is 30.4 Å². The smallest absolute Gasteiger partial charge is 0.268 e. The van der Waals surface area contributed by atoms with Crippen molar-refractivity contribution in [2.45, 2.75) is 88.4 Å². The Bertz CT molecular complexity index is 3040. The van der Waals surface area contributed by atoms with Crippen molar-refractivity contribution in [2.75, 3.05) is 16.7 Å². The van der Waals surface area contributed by atoms with Crippen molar-refractivity contribution in [2.24, 2.45) is 25.9 Å². The topological polar surface area (TPSA) is 246 Å². The maximum atomic E-state index is 13.2. The fraction of sp³-hybridized carbons (Fsp3) is 0.358. The van der Waals surface area contributed by atoms with Gasteiger partial charge in [0, 0.05) is 72.2 Å². The summed E-state index contributed by atoms with van der Waals surface area (Å²) in [5, 5.41) is 33.1. The molecular formula is C53H60N10O6S. The molecule has 0 unspecified atom stereocenters. The molecule has 364 valence electrons. The summed E-state index contributed by atoms with van der Waals surface area (Å²) in [5.41, 5.74) is 11.6. The molecule has 2 heterocycles. The van der Waals surface area contributed by atoms with E-state index in [1.807, 2.05) is 96.0 Å². The van der Waals surface area contributed by atoms with Gasteiger partial charge in [-0.2, -0.15) is 10.5 Å². The van der Waals surface area contributed by atoms with E-state index in [0.717, 1.165) is 71.3 Å². The number of sulfonamides is 1. The van der Waals surface area contributed by atoms with E-state index < -0.39 is 28.0 Å². The van der Waals surface area contributed by atoms with E-state index in [0.29, 0.717) is 48.4 Å². The molecule has 2 aromatic heterocycles. The van der Waals surface area contributed by atoms with Gasteiger partial charge < -0.3 is 36.1 Å². The number of hydrogen-bond acceptors (Lipinski definition) is 9. The number of rotatable bonds is 14. The summed E-state index contributed by atoms with van der Waals surface area (Å²) >= 11 is 0. The van der Waals surface area contributed by atoms with E-state index in [2.05, 4.69) is 38.1 Å². The lowest BCUT2D eigenvalue weighted by Gasteiger charge is -2.32. The van der Waals surface area contributed by atoms with Gasteiger partial charge in [-0.05, 0) is 85.3 Å². The number of nitrogen functional groups attached to an aromatic ring is 1. The van der Waals surface area contributed by atoms with E-state index >= 15 is 0 Å². The molecule has 16 nitrogen and oxygen atoms in total. The second-order valence-electron chi connectivity index (χ2n) is 18.3. The van der Waals surface area contributed by atoms with Gasteiger partial charge in [-0.1, -0.05) is 86.3 Å². The van der Waals surface area contributed by atoms with E-state index in [1.165, 1.54) is 0 Å². The molecule has 0 aliphatic heterocycles. The predicted octanol–water partition coefficient (Wildman–Crippen LogP) is 6.39. The maximum Gasteiger partial charge on any atom is 0.268 e. The van der Waals surface area contributed by atoms with Crippen molar-refractivity contribution < 1.29 is 27.6 Å². The van der Waals surface area contributed by atoms with Crippen LogP contribution in [0.25, 0.3) is 21.8 Å². The molecule has 6 aromatic rings. The number of nitrogens with one attached hydrogen (secondary N) is 5. The Morgan fingerprint density at radius 1 is 0.629 bits per heavy atom. The number of aryl methyl sites for hydroxylation is 2. The molecule has 2 fully saturated rings. The van der Waals surface area contributed by atoms with Gasteiger partial charge >= 0.3 is 0 Å². The van der Waals surface area contributed by atoms with E-state index in [-0.39, 0.29) is 48.1 Å². The fourth-order valence-corrected chi connectivity index (χ4v) is 10.2. The van der Waals surface area contributed by atoms with E-state index in [4.69, 9.17) is 5.73 Å². The Morgan fingerprint density at radius 2 is 1.03 bits per heavy atom.